The lowest BCUT2D eigenvalue weighted by molar-refractivity contribution is -0.136. The Kier molecular flexibility index (Phi) is 3.79. The lowest BCUT2D eigenvalue weighted by Crippen LogP contribution is -2.30. The molecule has 0 bridgehead atoms. The van der Waals surface area contributed by atoms with Gasteiger partial charge in [0.2, 0.25) is 5.78 Å². The average molecular weight is 192 g/mol. The van der Waals surface area contributed by atoms with Crippen molar-refractivity contribution in [3.63, 3.8) is 0 Å². The summed E-state index contributed by atoms with van der Waals surface area (Å²) in [6, 6.07) is 5.59. The zero-order valence-electron chi connectivity index (χ0n) is 7.99. The fourth-order valence-corrected chi connectivity index (χ4v) is 0.975. The van der Waals surface area contributed by atoms with Gasteiger partial charge < -0.3 is 5.32 Å². The number of ketones is 1. The Morgan fingerprint density at radius 3 is 2.79 bits per heavy atom. The molecule has 0 aliphatic heterocycles. The third kappa shape index (κ3) is 3.35. The van der Waals surface area contributed by atoms with E-state index in [1.54, 1.807) is 6.20 Å². The first-order chi connectivity index (χ1) is 6.70. The van der Waals surface area contributed by atoms with Crippen LogP contribution in [-0.4, -0.2) is 23.2 Å². The van der Waals surface area contributed by atoms with Gasteiger partial charge in [0.25, 0.3) is 5.91 Å². The molecule has 0 aliphatic carbocycles. The first kappa shape index (κ1) is 10.4. The molecule has 4 nitrogen and oxygen atoms in total. The maximum atomic E-state index is 10.9. The molecule has 14 heavy (non-hydrogen) atoms. The van der Waals surface area contributed by atoms with Gasteiger partial charge in [0.1, 0.15) is 0 Å². The van der Waals surface area contributed by atoms with Crippen LogP contribution in [0.4, 0.5) is 0 Å². The fourth-order valence-electron chi connectivity index (χ4n) is 0.975. The Morgan fingerprint density at radius 2 is 2.21 bits per heavy atom. The predicted octanol–water partition coefficient (Wildman–Crippen LogP) is 0.329. The number of hydrogen-bond acceptors (Lipinski definition) is 3. The van der Waals surface area contributed by atoms with Crippen LogP contribution in [0, 0.1) is 0 Å². The highest BCUT2D eigenvalue weighted by Crippen LogP contribution is 1.92. The second kappa shape index (κ2) is 5.11. The summed E-state index contributed by atoms with van der Waals surface area (Å²) in [5, 5.41) is 2.50. The number of rotatable bonds is 4. The van der Waals surface area contributed by atoms with E-state index in [9.17, 15) is 9.59 Å². The third-order valence-corrected chi connectivity index (χ3v) is 1.71. The highest BCUT2D eigenvalue weighted by atomic mass is 16.2. The number of aromatic nitrogens is 1. The molecule has 4 heteroatoms. The van der Waals surface area contributed by atoms with Crippen LogP contribution in [0.1, 0.15) is 12.6 Å². The summed E-state index contributed by atoms with van der Waals surface area (Å²) in [5.41, 5.74) is 0.899. The van der Waals surface area contributed by atoms with Crippen molar-refractivity contribution >= 4 is 11.7 Å². The quantitative estimate of drug-likeness (QED) is 0.699. The molecule has 1 heterocycles. The van der Waals surface area contributed by atoms with E-state index >= 15 is 0 Å². The van der Waals surface area contributed by atoms with E-state index in [4.69, 9.17) is 0 Å². The van der Waals surface area contributed by atoms with Crippen LogP contribution in [-0.2, 0) is 16.0 Å². The van der Waals surface area contributed by atoms with Gasteiger partial charge in [0, 0.05) is 31.8 Å². The summed E-state index contributed by atoms with van der Waals surface area (Å²) in [4.78, 5) is 25.5. The maximum absolute atomic E-state index is 10.9. The standard InChI is InChI=1S/C10H12N2O2/c1-8(13)10(14)12-7-5-9-4-2-3-6-11-9/h2-4,6H,5,7H2,1H3,(H,12,14). The van der Waals surface area contributed by atoms with Gasteiger partial charge in [-0.25, -0.2) is 0 Å². The number of Topliss-reactive ketones (excluding diaryl/α,β-unsaturated/α-hetero) is 1. The molecule has 1 N–H and O–H groups in total. The Bertz CT molecular complexity index is 322. The lowest BCUT2D eigenvalue weighted by atomic mass is 10.2. The Morgan fingerprint density at radius 1 is 1.43 bits per heavy atom. The summed E-state index contributed by atoms with van der Waals surface area (Å²) in [7, 11) is 0. The molecule has 0 saturated heterocycles. The van der Waals surface area contributed by atoms with Crippen LogP contribution < -0.4 is 5.32 Å². The van der Waals surface area contributed by atoms with Gasteiger partial charge in [0.15, 0.2) is 0 Å². The largest absolute Gasteiger partial charge is 0.349 e. The normalized spacial score (nSPS) is 9.50. The number of nitrogens with one attached hydrogen (secondary N) is 1. The highest BCUT2D eigenvalue weighted by molar-refractivity contribution is 6.35. The van der Waals surface area contributed by atoms with Crippen LogP contribution in [0.2, 0.25) is 0 Å². The summed E-state index contributed by atoms with van der Waals surface area (Å²) >= 11 is 0. The molecule has 1 amide bonds. The van der Waals surface area contributed by atoms with Crippen molar-refractivity contribution in [3.8, 4) is 0 Å². The molecular weight excluding hydrogens is 180 g/mol. The summed E-state index contributed by atoms with van der Waals surface area (Å²) in [5.74, 6) is -1.01. The van der Waals surface area contributed by atoms with Crippen molar-refractivity contribution in [3.05, 3.63) is 30.1 Å². The summed E-state index contributed by atoms with van der Waals surface area (Å²) < 4.78 is 0. The first-order valence-corrected chi connectivity index (χ1v) is 4.39. The molecule has 1 aromatic rings. The molecule has 0 spiro atoms. The van der Waals surface area contributed by atoms with E-state index in [2.05, 4.69) is 10.3 Å². The smallest absolute Gasteiger partial charge is 0.287 e. The van der Waals surface area contributed by atoms with E-state index in [0.717, 1.165) is 5.69 Å². The molecule has 0 radical (unpaired) electrons. The molecule has 0 unspecified atom stereocenters. The topological polar surface area (TPSA) is 59.1 Å². The molecule has 1 aromatic heterocycles. The average Bonchev–Trinajstić information content (AvgIpc) is 2.19. The van der Waals surface area contributed by atoms with E-state index < -0.39 is 11.7 Å². The number of carbonyl (C=O) groups is 2. The van der Waals surface area contributed by atoms with Crippen LogP contribution in [0.3, 0.4) is 0 Å². The Balaban J connectivity index is 2.29. The molecule has 0 aliphatic rings. The molecule has 0 atom stereocenters. The minimum Gasteiger partial charge on any atom is -0.349 e. The Labute approximate surface area is 82.3 Å². The van der Waals surface area contributed by atoms with Gasteiger partial charge in [-0.05, 0) is 12.1 Å². The predicted molar refractivity (Wildman–Crippen MR) is 51.6 cm³/mol. The molecule has 0 aromatic carbocycles. The van der Waals surface area contributed by atoms with E-state index in [0.29, 0.717) is 13.0 Å². The molecule has 0 fully saturated rings. The zero-order chi connectivity index (χ0) is 10.4. The van der Waals surface area contributed by atoms with Gasteiger partial charge in [-0.15, -0.1) is 0 Å². The fraction of sp³-hybridized carbons (Fsp3) is 0.300. The summed E-state index contributed by atoms with van der Waals surface area (Å²) in [6.07, 6.45) is 2.34. The van der Waals surface area contributed by atoms with Gasteiger partial charge in [-0.1, -0.05) is 6.07 Å². The molecule has 74 valence electrons. The van der Waals surface area contributed by atoms with Crippen LogP contribution in [0.15, 0.2) is 24.4 Å². The van der Waals surface area contributed by atoms with Crippen molar-refractivity contribution in [2.75, 3.05) is 6.54 Å². The second-order valence-corrected chi connectivity index (χ2v) is 2.88. The second-order valence-electron chi connectivity index (χ2n) is 2.88. The van der Waals surface area contributed by atoms with Crippen LogP contribution in [0.5, 0.6) is 0 Å². The van der Waals surface area contributed by atoms with Crippen molar-refractivity contribution in [2.24, 2.45) is 0 Å². The number of pyridine rings is 1. The van der Waals surface area contributed by atoms with Crippen molar-refractivity contribution < 1.29 is 9.59 Å². The van der Waals surface area contributed by atoms with Crippen LogP contribution in [0.25, 0.3) is 0 Å². The highest BCUT2D eigenvalue weighted by Gasteiger charge is 2.05. The molecular formula is C10H12N2O2. The molecule has 0 saturated carbocycles. The minimum absolute atomic E-state index is 0.440. The van der Waals surface area contributed by atoms with Crippen molar-refractivity contribution in [2.45, 2.75) is 13.3 Å². The van der Waals surface area contributed by atoms with E-state index in [-0.39, 0.29) is 0 Å². The number of nitrogens with zero attached hydrogens (tertiary/aromatic N) is 1. The third-order valence-electron chi connectivity index (χ3n) is 1.71. The Hall–Kier alpha value is -1.71. The number of amides is 1. The lowest BCUT2D eigenvalue weighted by Gasteiger charge is -2.01. The first-order valence-electron chi connectivity index (χ1n) is 4.39. The SMILES string of the molecule is CC(=O)C(=O)NCCc1ccccn1. The van der Waals surface area contributed by atoms with Crippen molar-refractivity contribution in [1.82, 2.24) is 10.3 Å². The molecule has 1 rings (SSSR count). The van der Waals surface area contributed by atoms with E-state index in [1.165, 1.54) is 6.92 Å². The zero-order valence-corrected chi connectivity index (χ0v) is 7.99. The monoisotopic (exact) mass is 192 g/mol. The van der Waals surface area contributed by atoms with Gasteiger partial charge in [0.05, 0.1) is 0 Å². The van der Waals surface area contributed by atoms with Crippen molar-refractivity contribution in [1.29, 1.82) is 0 Å². The van der Waals surface area contributed by atoms with E-state index in [1.807, 2.05) is 18.2 Å². The minimum atomic E-state index is -0.541. The van der Waals surface area contributed by atoms with Gasteiger partial charge in [-0.2, -0.15) is 0 Å². The summed E-state index contributed by atoms with van der Waals surface area (Å²) in [6.45, 7) is 1.69. The van der Waals surface area contributed by atoms with Gasteiger partial charge >= 0.3 is 0 Å². The maximum Gasteiger partial charge on any atom is 0.287 e. The number of hydrogen-bond donors (Lipinski definition) is 1. The number of carbonyl (C=O) groups excluding carboxylic acids is 2. The van der Waals surface area contributed by atoms with Crippen LogP contribution >= 0.6 is 0 Å². The van der Waals surface area contributed by atoms with Gasteiger partial charge in [-0.3, -0.25) is 14.6 Å².